The molecule has 2 aromatic heterocycles. The Kier molecular flexibility index (Phi) is 3.90. The zero-order valence-electron chi connectivity index (χ0n) is 12.6. The van der Waals surface area contributed by atoms with Crippen molar-refractivity contribution in [1.29, 1.82) is 0 Å². The number of nitrogens with one attached hydrogen (secondary N) is 1. The SMILES string of the molecule is COc1cc(C)nc(N2CCN(C(=O)c3ccn[nH]3)CC2)n1. The summed E-state index contributed by atoms with van der Waals surface area (Å²) in [5, 5.41) is 6.52. The minimum absolute atomic E-state index is 0.0279. The van der Waals surface area contributed by atoms with Crippen LogP contribution >= 0.6 is 0 Å². The van der Waals surface area contributed by atoms with Gasteiger partial charge in [0.05, 0.1) is 7.11 Å². The Labute approximate surface area is 128 Å². The first kappa shape index (κ1) is 14.3. The van der Waals surface area contributed by atoms with Gasteiger partial charge in [-0.05, 0) is 13.0 Å². The number of anilines is 1. The van der Waals surface area contributed by atoms with Crippen LogP contribution in [0.4, 0.5) is 5.95 Å². The molecule has 0 atom stereocenters. The number of aromatic nitrogens is 4. The van der Waals surface area contributed by atoms with E-state index < -0.39 is 0 Å². The van der Waals surface area contributed by atoms with Crippen LogP contribution in [0.3, 0.4) is 0 Å². The molecule has 8 heteroatoms. The predicted molar refractivity (Wildman–Crippen MR) is 80.0 cm³/mol. The summed E-state index contributed by atoms with van der Waals surface area (Å²) in [6.07, 6.45) is 1.58. The van der Waals surface area contributed by atoms with Gasteiger partial charge < -0.3 is 14.5 Å². The fourth-order valence-electron chi connectivity index (χ4n) is 2.43. The van der Waals surface area contributed by atoms with Crippen LogP contribution in [0.2, 0.25) is 0 Å². The second-order valence-corrected chi connectivity index (χ2v) is 5.10. The van der Waals surface area contributed by atoms with E-state index >= 15 is 0 Å². The Balaban J connectivity index is 1.67. The number of piperazine rings is 1. The second kappa shape index (κ2) is 6.00. The molecule has 0 spiro atoms. The van der Waals surface area contributed by atoms with Crippen molar-refractivity contribution in [2.45, 2.75) is 6.92 Å². The summed E-state index contributed by atoms with van der Waals surface area (Å²) in [6.45, 7) is 4.53. The average Bonchev–Trinajstić information content (AvgIpc) is 3.08. The number of H-pyrrole nitrogens is 1. The fourth-order valence-corrected chi connectivity index (χ4v) is 2.43. The number of ether oxygens (including phenoxy) is 1. The minimum Gasteiger partial charge on any atom is -0.481 e. The van der Waals surface area contributed by atoms with Crippen LogP contribution in [0.5, 0.6) is 5.88 Å². The maximum absolute atomic E-state index is 12.2. The van der Waals surface area contributed by atoms with Gasteiger partial charge in [0, 0.05) is 44.1 Å². The van der Waals surface area contributed by atoms with Gasteiger partial charge in [-0.25, -0.2) is 4.98 Å². The van der Waals surface area contributed by atoms with E-state index in [9.17, 15) is 4.79 Å². The number of amides is 1. The molecule has 1 aliphatic heterocycles. The summed E-state index contributed by atoms with van der Waals surface area (Å²) in [5.41, 5.74) is 1.37. The molecule has 116 valence electrons. The zero-order valence-corrected chi connectivity index (χ0v) is 12.6. The Hall–Kier alpha value is -2.64. The molecule has 0 aromatic carbocycles. The van der Waals surface area contributed by atoms with E-state index in [1.54, 1.807) is 30.3 Å². The van der Waals surface area contributed by atoms with E-state index in [2.05, 4.69) is 25.1 Å². The fraction of sp³-hybridized carbons (Fsp3) is 0.429. The quantitative estimate of drug-likeness (QED) is 0.887. The number of aryl methyl sites for hydroxylation is 1. The van der Waals surface area contributed by atoms with Crippen LogP contribution in [-0.4, -0.2) is 64.3 Å². The van der Waals surface area contributed by atoms with Crippen LogP contribution in [0, 0.1) is 6.92 Å². The second-order valence-electron chi connectivity index (χ2n) is 5.10. The highest BCUT2D eigenvalue weighted by Gasteiger charge is 2.24. The molecule has 0 aliphatic carbocycles. The molecule has 0 saturated carbocycles. The Morgan fingerprint density at radius 1 is 1.27 bits per heavy atom. The van der Waals surface area contributed by atoms with Gasteiger partial charge in [-0.2, -0.15) is 10.1 Å². The number of hydrogen-bond acceptors (Lipinski definition) is 6. The first-order valence-corrected chi connectivity index (χ1v) is 7.10. The maximum atomic E-state index is 12.2. The van der Waals surface area contributed by atoms with Crippen LogP contribution < -0.4 is 9.64 Å². The lowest BCUT2D eigenvalue weighted by Gasteiger charge is -2.34. The molecule has 0 unspecified atom stereocenters. The molecule has 1 fully saturated rings. The molecule has 22 heavy (non-hydrogen) atoms. The molecule has 2 aromatic rings. The maximum Gasteiger partial charge on any atom is 0.271 e. The van der Waals surface area contributed by atoms with Gasteiger partial charge in [0.15, 0.2) is 0 Å². The molecule has 0 bridgehead atoms. The molecule has 3 rings (SSSR count). The number of methoxy groups -OCH3 is 1. The van der Waals surface area contributed by atoms with Gasteiger partial charge >= 0.3 is 0 Å². The first-order valence-electron chi connectivity index (χ1n) is 7.10. The van der Waals surface area contributed by atoms with Gasteiger partial charge in [0.25, 0.3) is 5.91 Å². The van der Waals surface area contributed by atoms with Crippen molar-refractivity contribution in [3.63, 3.8) is 0 Å². The summed E-state index contributed by atoms with van der Waals surface area (Å²) < 4.78 is 5.18. The summed E-state index contributed by atoms with van der Waals surface area (Å²) >= 11 is 0. The number of rotatable bonds is 3. The largest absolute Gasteiger partial charge is 0.481 e. The number of carbonyl (C=O) groups excluding carboxylic acids is 1. The van der Waals surface area contributed by atoms with Crippen LogP contribution in [0.1, 0.15) is 16.2 Å². The van der Waals surface area contributed by atoms with E-state index in [1.807, 2.05) is 6.92 Å². The average molecular weight is 302 g/mol. The Morgan fingerprint density at radius 2 is 2.05 bits per heavy atom. The van der Waals surface area contributed by atoms with Gasteiger partial charge in [-0.3, -0.25) is 9.89 Å². The van der Waals surface area contributed by atoms with Crippen molar-refractivity contribution in [1.82, 2.24) is 25.1 Å². The predicted octanol–water partition coefficient (Wildman–Crippen LogP) is 0.479. The topological polar surface area (TPSA) is 87.2 Å². The smallest absolute Gasteiger partial charge is 0.271 e. The van der Waals surface area contributed by atoms with Gasteiger partial charge in [0.1, 0.15) is 5.69 Å². The molecule has 3 heterocycles. The number of carbonyl (C=O) groups is 1. The summed E-state index contributed by atoms with van der Waals surface area (Å²) in [6, 6.07) is 3.48. The standard InChI is InChI=1S/C14H18N6O2/c1-10-9-12(22-2)17-14(16-10)20-7-5-19(6-8-20)13(21)11-3-4-15-18-11/h3-4,9H,5-8H2,1-2H3,(H,15,18). The minimum atomic E-state index is -0.0279. The van der Waals surface area contributed by atoms with Crippen molar-refractivity contribution < 1.29 is 9.53 Å². The third kappa shape index (κ3) is 2.85. The van der Waals surface area contributed by atoms with Gasteiger partial charge in [-0.1, -0.05) is 0 Å². The number of hydrogen-bond donors (Lipinski definition) is 1. The lowest BCUT2D eigenvalue weighted by atomic mass is 10.3. The monoisotopic (exact) mass is 302 g/mol. The highest BCUT2D eigenvalue weighted by atomic mass is 16.5. The molecule has 1 saturated heterocycles. The molecular formula is C14H18N6O2. The molecule has 1 aliphatic rings. The van der Waals surface area contributed by atoms with Crippen LogP contribution in [0.25, 0.3) is 0 Å². The van der Waals surface area contributed by atoms with Crippen molar-refractivity contribution in [3.8, 4) is 5.88 Å². The summed E-state index contributed by atoms with van der Waals surface area (Å²) in [4.78, 5) is 24.9. The van der Waals surface area contributed by atoms with Crippen molar-refractivity contribution in [3.05, 3.63) is 29.7 Å². The number of nitrogens with zero attached hydrogens (tertiary/aromatic N) is 5. The van der Waals surface area contributed by atoms with E-state index in [0.29, 0.717) is 43.7 Å². The first-order chi connectivity index (χ1) is 10.7. The van der Waals surface area contributed by atoms with Crippen LogP contribution in [0.15, 0.2) is 18.3 Å². The molecule has 0 radical (unpaired) electrons. The third-order valence-electron chi connectivity index (χ3n) is 3.61. The van der Waals surface area contributed by atoms with Gasteiger partial charge in [0.2, 0.25) is 11.8 Å². The van der Waals surface area contributed by atoms with Crippen molar-refractivity contribution >= 4 is 11.9 Å². The zero-order chi connectivity index (χ0) is 15.5. The Morgan fingerprint density at radius 3 is 2.68 bits per heavy atom. The normalized spacial score (nSPS) is 15.0. The lowest BCUT2D eigenvalue weighted by Crippen LogP contribution is -2.49. The Bertz CT molecular complexity index is 649. The molecule has 8 nitrogen and oxygen atoms in total. The van der Waals surface area contributed by atoms with Crippen molar-refractivity contribution in [2.24, 2.45) is 0 Å². The molecular weight excluding hydrogens is 284 g/mol. The third-order valence-corrected chi connectivity index (χ3v) is 3.61. The summed E-state index contributed by atoms with van der Waals surface area (Å²) in [7, 11) is 1.59. The van der Waals surface area contributed by atoms with Crippen molar-refractivity contribution in [2.75, 3.05) is 38.2 Å². The highest BCUT2D eigenvalue weighted by molar-refractivity contribution is 5.92. The van der Waals surface area contributed by atoms with Crippen LogP contribution in [-0.2, 0) is 0 Å². The van der Waals surface area contributed by atoms with Gasteiger partial charge in [-0.15, -0.1) is 0 Å². The summed E-state index contributed by atoms with van der Waals surface area (Å²) in [5.74, 6) is 1.17. The molecule has 1 N–H and O–H groups in total. The molecule has 1 amide bonds. The lowest BCUT2D eigenvalue weighted by molar-refractivity contribution is 0.0740. The van der Waals surface area contributed by atoms with E-state index in [-0.39, 0.29) is 5.91 Å². The van der Waals surface area contributed by atoms with E-state index in [4.69, 9.17) is 4.74 Å². The van der Waals surface area contributed by atoms with E-state index in [0.717, 1.165) is 5.69 Å². The highest BCUT2D eigenvalue weighted by Crippen LogP contribution is 2.17. The van der Waals surface area contributed by atoms with E-state index in [1.165, 1.54) is 0 Å². The number of aromatic amines is 1.